The molecule has 0 radical (unpaired) electrons. The van der Waals surface area contributed by atoms with Crippen LogP contribution < -0.4 is 0 Å². The standard InChI is InChI=1S/C11H16F2/c1-3-10(11(2,12)13)8-9-6-4-5-7-9/h3,8-9H,1,4-7H2,2H3/b10-8+. The van der Waals surface area contributed by atoms with E-state index in [2.05, 4.69) is 6.58 Å². The van der Waals surface area contributed by atoms with E-state index in [0.29, 0.717) is 5.92 Å². The van der Waals surface area contributed by atoms with E-state index in [1.54, 1.807) is 6.08 Å². The monoisotopic (exact) mass is 186 g/mol. The molecule has 0 bridgehead atoms. The molecule has 0 aliphatic heterocycles. The lowest BCUT2D eigenvalue weighted by atomic mass is 10.0. The van der Waals surface area contributed by atoms with Crippen molar-refractivity contribution in [3.63, 3.8) is 0 Å². The minimum atomic E-state index is -2.73. The molecule has 1 aliphatic rings. The Morgan fingerprint density at radius 2 is 1.92 bits per heavy atom. The average Bonchev–Trinajstić information content (AvgIpc) is 2.49. The first kappa shape index (κ1) is 10.4. The van der Waals surface area contributed by atoms with Crippen LogP contribution in [0.15, 0.2) is 24.3 Å². The molecule has 0 aromatic carbocycles. The fourth-order valence-electron chi connectivity index (χ4n) is 1.77. The molecule has 0 unspecified atom stereocenters. The molecule has 0 atom stereocenters. The number of alkyl halides is 2. The lowest BCUT2D eigenvalue weighted by Gasteiger charge is -2.13. The van der Waals surface area contributed by atoms with Gasteiger partial charge in [0.15, 0.2) is 0 Å². The summed E-state index contributed by atoms with van der Waals surface area (Å²) in [5.74, 6) is -2.39. The van der Waals surface area contributed by atoms with Gasteiger partial charge in [0.25, 0.3) is 5.92 Å². The van der Waals surface area contributed by atoms with Crippen LogP contribution in [0.25, 0.3) is 0 Å². The molecule has 1 saturated carbocycles. The molecule has 0 aromatic heterocycles. The zero-order valence-electron chi connectivity index (χ0n) is 8.02. The van der Waals surface area contributed by atoms with Crippen LogP contribution in [0.3, 0.4) is 0 Å². The van der Waals surface area contributed by atoms with Crippen molar-refractivity contribution in [3.8, 4) is 0 Å². The summed E-state index contributed by atoms with van der Waals surface area (Å²) in [4.78, 5) is 0. The molecule has 0 nitrogen and oxygen atoms in total. The molecular formula is C11H16F2. The third-order valence-electron chi connectivity index (χ3n) is 2.54. The molecular weight excluding hydrogens is 170 g/mol. The zero-order valence-corrected chi connectivity index (χ0v) is 8.02. The van der Waals surface area contributed by atoms with E-state index < -0.39 is 5.92 Å². The second-order valence-corrected chi connectivity index (χ2v) is 3.76. The first-order valence-corrected chi connectivity index (χ1v) is 4.76. The molecule has 0 aromatic rings. The van der Waals surface area contributed by atoms with E-state index in [4.69, 9.17) is 0 Å². The Morgan fingerprint density at radius 3 is 2.31 bits per heavy atom. The number of allylic oxidation sites excluding steroid dienone is 3. The third-order valence-corrected chi connectivity index (χ3v) is 2.54. The maximum Gasteiger partial charge on any atom is 0.270 e. The molecule has 74 valence electrons. The second-order valence-electron chi connectivity index (χ2n) is 3.76. The smallest absolute Gasteiger partial charge is 0.202 e. The molecule has 2 heteroatoms. The summed E-state index contributed by atoms with van der Waals surface area (Å²) < 4.78 is 25.8. The Labute approximate surface area is 78.3 Å². The second kappa shape index (κ2) is 4.03. The van der Waals surface area contributed by atoms with Crippen molar-refractivity contribution in [1.29, 1.82) is 0 Å². The van der Waals surface area contributed by atoms with Gasteiger partial charge < -0.3 is 0 Å². The van der Waals surface area contributed by atoms with Crippen molar-refractivity contribution in [2.45, 2.75) is 38.5 Å². The first-order chi connectivity index (χ1) is 6.04. The van der Waals surface area contributed by atoms with Crippen LogP contribution in [0.2, 0.25) is 0 Å². The fraction of sp³-hybridized carbons (Fsp3) is 0.636. The van der Waals surface area contributed by atoms with Crippen LogP contribution in [-0.2, 0) is 0 Å². The van der Waals surface area contributed by atoms with Crippen LogP contribution in [0.5, 0.6) is 0 Å². The Kier molecular flexibility index (Phi) is 3.23. The largest absolute Gasteiger partial charge is 0.270 e. The van der Waals surface area contributed by atoms with Gasteiger partial charge >= 0.3 is 0 Å². The molecule has 0 spiro atoms. The fourth-order valence-corrected chi connectivity index (χ4v) is 1.77. The summed E-state index contributed by atoms with van der Waals surface area (Å²) in [6, 6.07) is 0. The number of rotatable bonds is 3. The topological polar surface area (TPSA) is 0 Å². The maximum atomic E-state index is 12.9. The van der Waals surface area contributed by atoms with Crippen molar-refractivity contribution < 1.29 is 8.78 Å². The summed E-state index contributed by atoms with van der Waals surface area (Å²) >= 11 is 0. The Hall–Kier alpha value is -0.660. The summed E-state index contributed by atoms with van der Waals surface area (Å²) in [6.07, 6.45) is 7.40. The highest BCUT2D eigenvalue weighted by molar-refractivity contribution is 5.24. The number of hydrogen-bond donors (Lipinski definition) is 0. The van der Waals surface area contributed by atoms with Crippen molar-refractivity contribution >= 4 is 0 Å². The van der Waals surface area contributed by atoms with Crippen molar-refractivity contribution in [1.82, 2.24) is 0 Å². The highest BCUT2D eigenvalue weighted by Gasteiger charge is 2.26. The van der Waals surface area contributed by atoms with E-state index in [1.807, 2.05) is 0 Å². The van der Waals surface area contributed by atoms with Gasteiger partial charge in [-0.2, -0.15) is 0 Å². The minimum absolute atomic E-state index is 0.0828. The van der Waals surface area contributed by atoms with Gasteiger partial charge in [0.05, 0.1) is 0 Å². The molecule has 13 heavy (non-hydrogen) atoms. The van der Waals surface area contributed by atoms with Crippen LogP contribution in [0.1, 0.15) is 32.6 Å². The molecule has 1 aliphatic carbocycles. The quantitative estimate of drug-likeness (QED) is 0.585. The van der Waals surface area contributed by atoms with Crippen molar-refractivity contribution in [3.05, 3.63) is 24.3 Å². The lowest BCUT2D eigenvalue weighted by Crippen LogP contribution is -2.13. The summed E-state index contributed by atoms with van der Waals surface area (Å²) in [6.45, 7) is 4.35. The first-order valence-electron chi connectivity index (χ1n) is 4.76. The Balaban J connectivity index is 2.69. The van der Waals surface area contributed by atoms with Gasteiger partial charge in [-0.05, 0) is 18.8 Å². The van der Waals surface area contributed by atoms with E-state index in [-0.39, 0.29) is 5.57 Å². The highest BCUT2D eigenvalue weighted by Crippen LogP contribution is 2.31. The van der Waals surface area contributed by atoms with Crippen LogP contribution >= 0.6 is 0 Å². The van der Waals surface area contributed by atoms with E-state index in [1.165, 1.54) is 18.9 Å². The maximum absolute atomic E-state index is 12.9. The number of halogens is 2. The van der Waals surface area contributed by atoms with Crippen LogP contribution in [0.4, 0.5) is 8.78 Å². The van der Waals surface area contributed by atoms with E-state index in [9.17, 15) is 8.78 Å². The predicted octanol–water partition coefficient (Wildman–Crippen LogP) is 3.94. The number of hydrogen-bond acceptors (Lipinski definition) is 0. The van der Waals surface area contributed by atoms with Crippen LogP contribution in [0, 0.1) is 5.92 Å². The Bertz CT molecular complexity index is 205. The summed E-state index contributed by atoms with van der Waals surface area (Å²) in [7, 11) is 0. The molecule has 0 amide bonds. The van der Waals surface area contributed by atoms with Gasteiger partial charge in [0, 0.05) is 12.5 Å². The lowest BCUT2D eigenvalue weighted by molar-refractivity contribution is 0.0667. The molecule has 0 heterocycles. The van der Waals surface area contributed by atoms with Gasteiger partial charge in [0.1, 0.15) is 0 Å². The van der Waals surface area contributed by atoms with Crippen LogP contribution in [-0.4, -0.2) is 5.92 Å². The Morgan fingerprint density at radius 1 is 1.38 bits per heavy atom. The van der Waals surface area contributed by atoms with Gasteiger partial charge in [-0.25, -0.2) is 8.78 Å². The summed E-state index contributed by atoms with van der Waals surface area (Å²) in [5.41, 5.74) is 0.0828. The molecule has 1 rings (SSSR count). The van der Waals surface area contributed by atoms with E-state index in [0.717, 1.165) is 19.8 Å². The SMILES string of the molecule is C=C/C(=C\C1CCCC1)C(C)(F)F. The van der Waals surface area contributed by atoms with Crippen molar-refractivity contribution in [2.24, 2.45) is 5.92 Å². The average molecular weight is 186 g/mol. The molecule has 0 N–H and O–H groups in total. The van der Waals surface area contributed by atoms with Crippen molar-refractivity contribution in [2.75, 3.05) is 0 Å². The predicted molar refractivity (Wildman–Crippen MR) is 50.9 cm³/mol. The zero-order chi connectivity index (χ0) is 9.90. The molecule has 0 saturated heterocycles. The third kappa shape index (κ3) is 2.94. The van der Waals surface area contributed by atoms with Gasteiger partial charge in [-0.3, -0.25) is 0 Å². The molecule has 1 fully saturated rings. The summed E-state index contributed by atoms with van der Waals surface area (Å²) in [5, 5.41) is 0. The van der Waals surface area contributed by atoms with Gasteiger partial charge in [-0.15, -0.1) is 0 Å². The van der Waals surface area contributed by atoms with Gasteiger partial charge in [-0.1, -0.05) is 31.6 Å². The highest BCUT2D eigenvalue weighted by atomic mass is 19.3. The normalized spacial score (nSPS) is 20.7. The minimum Gasteiger partial charge on any atom is -0.202 e. The van der Waals surface area contributed by atoms with Gasteiger partial charge in [0.2, 0.25) is 0 Å². The van der Waals surface area contributed by atoms with E-state index >= 15 is 0 Å².